The monoisotopic (exact) mass is 343 g/mol. The van der Waals surface area contributed by atoms with Crippen LogP contribution >= 0.6 is 0 Å². The van der Waals surface area contributed by atoms with Crippen LogP contribution in [-0.2, 0) is 16.6 Å². The normalized spacial score (nSPS) is 12.0. The maximum Gasteiger partial charge on any atom is 0.319 e. The van der Waals surface area contributed by atoms with Gasteiger partial charge in [0.25, 0.3) is 0 Å². The van der Waals surface area contributed by atoms with Crippen LogP contribution in [0.3, 0.4) is 0 Å². The zero-order valence-electron chi connectivity index (χ0n) is 13.7. The third kappa shape index (κ3) is 7.45. The summed E-state index contributed by atoms with van der Waals surface area (Å²) in [5.41, 5.74) is 0.480. The third-order valence-corrected chi connectivity index (χ3v) is 4.31. The van der Waals surface area contributed by atoms with E-state index in [1.807, 2.05) is 13.8 Å². The number of amides is 2. The van der Waals surface area contributed by atoms with Crippen LogP contribution in [0.2, 0.25) is 0 Å². The van der Waals surface area contributed by atoms with E-state index in [2.05, 4.69) is 15.4 Å². The Balaban J connectivity index is 2.50. The molecular weight excluding hydrogens is 318 g/mol. The second kappa shape index (κ2) is 8.28. The molecule has 2 amide bonds. The number of aliphatic hydroxyl groups is 1. The molecule has 23 heavy (non-hydrogen) atoms. The molecule has 0 fully saturated rings. The highest BCUT2D eigenvalue weighted by atomic mass is 32.2. The lowest BCUT2D eigenvalue weighted by atomic mass is 9.98. The molecule has 1 rings (SSSR count). The first-order valence-corrected chi connectivity index (χ1v) is 9.37. The first-order valence-electron chi connectivity index (χ1n) is 7.48. The predicted molar refractivity (Wildman–Crippen MR) is 90.7 cm³/mol. The van der Waals surface area contributed by atoms with Gasteiger partial charge in [-0.15, -0.1) is 0 Å². The van der Waals surface area contributed by atoms with Crippen molar-refractivity contribution in [2.24, 2.45) is 0 Å². The third-order valence-electron chi connectivity index (χ3n) is 3.64. The summed E-state index contributed by atoms with van der Waals surface area (Å²) < 4.78 is 24.4. The molecular formula is C15H25N3O4S. The zero-order chi connectivity index (χ0) is 17.5. The van der Waals surface area contributed by atoms with Crippen molar-refractivity contribution in [3.63, 3.8) is 0 Å². The molecule has 0 saturated carbocycles. The first-order chi connectivity index (χ1) is 10.7. The van der Waals surface area contributed by atoms with Gasteiger partial charge in [-0.1, -0.05) is 26.0 Å². The molecule has 0 aromatic heterocycles. The Kier molecular flexibility index (Phi) is 6.99. The maximum absolute atomic E-state index is 11.8. The van der Waals surface area contributed by atoms with Gasteiger partial charge in [0, 0.05) is 18.8 Å². The molecule has 0 heterocycles. The summed E-state index contributed by atoms with van der Waals surface area (Å²) >= 11 is 0. The summed E-state index contributed by atoms with van der Waals surface area (Å²) in [6, 6.07) is 6.42. The van der Waals surface area contributed by atoms with Crippen molar-refractivity contribution < 1.29 is 18.3 Å². The largest absolute Gasteiger partial charge is 0.388 e. The summed E-state index contributed by atoms with van der Waals surface area (Å²) in [6.07, 6.45) is 2.22. The lowest BCUT2D eigenvalue weighted by Gasteiger charge is -2.25. The van der Waals surface area contributed by atoms with Crippen molar-refractivity contribution in [1.82, 2.24) is 10.0 Å². The smallest absolute Gasteiger partial charge is 0.319 e. The van der Waals surface area contributed by atoms with Gasteiger partial charge in [0.15, 0.2) is 0 Å². The molecule has 0 aliphatic carbocycles. The average Bonchev–Trinajstić information content (AvgIpc) is 2.51. The van der Waals surface area contributed by atoms with E-state index in [4.69, 9.17) is 0 Å². The fourth-order valence-corrected chi connectivity index (χ4v) is 2.27. The number of hydrogen-bond acceptors (Lipinski definition) is 4. The minimum absolute atomic E-state index is 0.183. The minimum atomic E-state index is -3.23. The number of rotatable bonds is 8. The second-order valence-corrected chi connectivity index (χ2v) is 7.36. The Morgan fingerprint density at radius 2 is 1.74 bits per heavy atom. The molecule has 7 nitrogen and oxygen atoms in total. The number of urea groups is 1. The SMILES string of the molecule is CCC(O)(CC)CNC(=O)Nc1ccc(CNS(C)(=O)=O)cc1. The molecule has 0 bridgehead atoms. The molecule has 0 atom stereocenters. The van der Waals surface area contributed by atoms with Gasteiger partial charge in [0.1, 0.15) is 0 Å². The molecule has 1 aromatic rings. The summed E-state index contributed by atoms with van der Waals surface area (Å²) in [5.74, 6) is 0. The van der Waals surface area contributed by atoms with Crippen molar-refractivity contribution in [2.75, 3.05) is 18.1 Å². The molecule has 0 saturated heterocycles. The zero-order valence-corrected chi connectivity index (χ0v) is 14.5. The van der Waals surface area contributed by atoms with Gasteiger partial charge in [-0.05, 0) is 30.5 Å². The minimum Gasteiger partial charge on any atom is -0.388 e. The van der Waals surface area contributed by atoms with Crippen molar-refractivity contribution in [1.29, 1.82) is 0 Å². The number of carbonyl (C=O) groups is 1. The van der Waals surface area contributed by atoms with E-state index in [9.17, 15) is 18.3 Å². The van der Waals surface area contributed by atoms with Gasteiger partial charge in [0.05, 0.1) is 11.9 Å². The van der Waals surface area contributed by atoms with Gasteiger partial charge >= 0.3 is 6.03 Å². The van der Waals surface area contributed by atoms with E-state index in [1.54, 1.807) is 24.3 Å². The van der Waals surface area contributed by atoms with E-state index in [-0.39, 0.29) is 13.1 Å². The molecule has 4 N–H and O–H groups in total. The second-order valence-electron chi connectivity index (χ2n) is 5.53. The molecule has 130 valence electrons. The van der Waals surface area contributed by atoms with Crippen molar-refractivity contribution >= 4 is 21.7 Å². The Morgan fingerprint density at radius 3 is 2.22 bits per heavy atom. The molecule has 8 heteroatoms. The van der Waals surface area contributed by atoms with E-state index in [0.29, 0.717) is 18.5 Å². The summed E-state index contributed by atoms with van der Waals surface area (Å²) in [6.45, 7) is 4.12. The van der Waals surface area contributed by atoms with Gasteiger partial charge in [-0.25, -0.2) is 17.9 Å². The Labute approximate surface area is 137 Å². The van der Waals surface area contributed by atoms with Crippen molar-refractivity contribution in [2.45, 2.75) is 38.8 Å². The van der Waals surface area contributed by atoms with E-state index in [1.165, 1.54) is 0 Å². The summed E-state index contributed by atoms with van der Waals surface area (Å²) in [7, 11) is -3.23. The molecule has 0 radical (unpaired) electrons. The summed E-state index contributed by atoms with van der Waals surface area (Å²) in [5, 5.41) is 15.4. The fourth-order valence-electron chi connectivity index (χ4n) is 1.84. The highest BCUT2D eigenvalue weighted by Gasteiger charge is 2.22. The topological polar surface area (TPSA) is 108 Å². The van der Waals surface area contributed by atoms with Crippen LogP contribution in [-0.4, -0.2) is 38.0 Å². The number of benzene rings is 1. The molecule has 0 unspecified atom stereocenters. The molecule has 0 spiro atoms. The van der Waals surface area contributed by atoms with Crippen LogP contribution in [0.4, 0.5) is 10.5 Å². The van der Waals surface area contributed by atoms with Gasteiger partial charge in [-0.3, -0.25) is 0 Å². The van der Waals surface area contributed by atoms with Crippen LogP contribution in [0.5, 0.6) is 0 Å². The fraction of sp³-hybridized carbons (Fsp3) is 0.533. The Bertz CT molecular complexity index is 610. The van der Waals surface area contributed by atoms with Crippen LogP contribution in [0, 0.1) is 0 Å². The standard InChI is InChI=1S/C15H25N3O4S/c1-4-15(20,5-2)11-16-14(19)18-13-8-6-12(7-9-13)10-17-23(3,21)22/h6-9,17,20H,4-5,10-11H2,1-3H3,(H2,16,18,19). The Morgan fingerprint density at radius 1 is 1.17 bits per heavy atom. The Hall–Kier alpha value is -1.64. The molecule has 0 aliphatic rings. The van der Waals surface area contributed by atoms with Crippen LogP contribution < -0.4 is 15.4 Å². The lowest BCUT2D eigenvalue weighted by molar-refractivity contribution is 0.0354. The van der Waals surface area contributed by atoms with Crippen molar-refractivity contribution in [3.05, 3.63) is 29.8 Å². The first kappa shape index (κ1) is 19.4. The highest BCUT2D eigenvalue weighted by Crippen LogP contribution is 2.13. The van der Waals surface area contributed by atoms with E-state index in [0.717, 1.165) is 11.8 Å². The number of carbonyl (C=O) groups excluding carboxylic acids is 1. The molecule has 1 aromatic carbocycles. The van der Waals surface area contributed by atoms with Crippen molar-refractivity contribution in [3.8, 4) is 0 Å². The van der Waals surface area contributed by atoms with Gasteiger partial charge in [-0.2, -0.15) is 0 Å². The van der Waals surface area contributed by atoms with Crippen LogP contribution in [0.25, 0.3) is 0 Å². The average molecular weight is 343 g/mol. The van der Waals surface area contributed by atoms with Gasteiger partial charge < -0.3 is 15.7 Å². The summed E-state index contributed by atoms with van der Waals surface area (Å²) in [4.78, 5) is 11.8. The van der Waals surface area contributed by atoms with E-state index < -0.39 is 21.7 Å². The lowest BCUT2D eigenvalue weighted by Crippen LogP contribution is -2.43. The molecule has 0 aliphatic heterocycles. The number of nitrogens with one attached hydrogen (secondary N) is 3. The predicted octanol–water partition coefficient (Wildman–Crippen LogP) is 1.41. The van der Waals surface area contributed by atoms with Gasteiger partial charge in [0.2, 0.25) is 10.0 Å². The number of sulfonamides is 1. The number of hydrogen-bond donors (Lipinski definition) is 4. The quantitative estimate of drug-likeness (QED) is 0.572. The van der Waals surface area contributed by atoms with E-state index >= 15 is 0 Å². The highest BCUT2D eigenvalue weighted by molar-refractivity contribution is 7.88. The van der Waals surface area contributed by atoms with Crippen LogP contribution in [0.1, 0.15) is 32.3 Å². The van der Waals surface area contributed by atoms with Crippen LogP contribution in [0.15, 0.2) is 24.3 Å². The number of anilines is 1. The maximum atomic E-state index is 11.8.